The highest BCUT2D eigenvalue weighted by Crippen LogP contribution is 2.31. The minimum Gasteiger partial charge on any atom is -0.361 e. The van der Waals surface area contributed by atoms with Gasteiger partial charge in [-0.3, -0.25) is 4.98 Å². The van der Waals surface area contributed by atoms with E-state index in [0.29, 0.717) is 0 Å². The number of hydrogen-bond donors (Lipinski definition) is 0. The quantitative estimate of drug-likeness (QED) is 0.666. The second-order valence-corrected chi connectivity index (χ2v) is 5.89. The van der Waals surface area contributed by atoms with Gasteiger partial charge in [-0.15, -0.1) is 11.8 Å². The van der Waals surface area contributed by atoms with Gasteiger partial charge in [0.1, 0.15) is 5.76 Å². The molecule has 0 atom stereocenters. The van der Waals surface area contributed by atoms with Crippen LogP contribution in [0.3, 0.4) is 0 Å². The molecule has 4 heteroatoms. The summed E-state index contributed by atoms with van der Waals surface area (Å²) in [7, 11) is 0. The van der Waals surface area contributed by atoms with E-state index in [1.54, 1.807) is 0 Å². The van der Waals surface area contributed by atoms with Crippen molar-refractivity contribution in [2.45, 2.75) is 31.4 Å². The Balaban J connectivity index is 1.95. The molecule has 0 radical (unpaired) electrons. The third-order valence-corrected chi connectivity index (χ3v) is 4.44. The molecule has 0 aliphatic carbocycles. The number of nitrogens with zero attached hydrogens (tertiary/aromatic N) is 2. The Hall–Kier alpha value is -1.81. The molecule has 0 N–H and O–H groups in total. The van der Waals surface area contributed by atoms with Crippen molar-refractivity contribution in [1.82, 2.24) is 10.1 Å². The van der Waals surface area contributed by atoms with E-state index in [0.717, 1.165) is 28.4 Å². The van der Waals surface area contributed by atoms with Gasteiger partial charge in [-0.05, 0) is 32.9 Å². The molecule has 0 amide bonds. The maximum absolute atomic E-state index is 5.22. The molecule has 3 nitrogen and oxygen atoms in total. The van der Waals surface area contributed by atoms with Crippen LogP contribution in [0.25, 0.3) is 10.9 Å². The molecule has 20 heavy (non-hydrogen) atoms. The number of aromatic nitrogens is 2. The van der Waals surface area contributed by atoms with Crippen molar-refractivity contribution in [2.24, 2.45) is 0 Å². The van der Waals surface area contributed by atoms with Gasteiger partial charge in [0.25, 0.3) is 0 Å². The van der Waals surface area contributed by atoms with Crippen molar-refractivity contribution in [3.63, 3.8) is 0 Å². The molecule has 0 aliphatic heterocycles. The normalized spacial score (nSPS) is 11.2. The number of thioether (sulfide) groups is 1. The van der Waals surface area contributed by atoms with E-state index >= 15 is 0 Å². The smallest absolute Gasteiger partial charge is 0.137 e. The second kappa shape index (κ2) is 5.29. The van der Waals surface area contributed by atoms with Crippen LogP contribution in [0.4, 0.5) is 0 Å². The molecule has 0 unspecified atom stereocenters. The lowest BCUT2D eigenvalue weighted by molar-refractivity contribution is 0.392. The van der Waals surface area contributed by atoms with E-state index in [-0.39, 0.29) is 0 Å². The lowest BCUT2D eigenvalue weighted by atomic mass is 10.2. The molecule has 3 aromatic rings. The molecule has 2 aromatic heterocycles. The van der Waals surface area contributed by atoms with Crippen LogP contribution in [-0.4, -0.2) is 10.1 Å². The zero-order valence-electron chi connectivity index (χ0n) is 11.8. The average Bonchev–Trinajstić information content (AvgIpc) is 2.75. The summed E-state index contributed by atoms with van der Waals surface area (Å²) >= 11 is 1.81. The van der Waals surface area contributed by atoms with Gasteiger partial charge in [0, 0.05) is 27.3 Å². The first-order valence-corrected chi connectivity index (χ1v) is 7.54. The SMILES string of the molecule is Cc1cc(SCc2c(C)noc2C)c2ccccc2n1. The highest BCUT2D eigenvalue weighted by atomic mass is 32.2. The lowest BCUT2D eigenvalue weighted by Crippen LogP contribution is -1.89. The standard InChI is InChI=1S/C16H16N2OS/c1-10-8-16(13-6-4-5-7-15(13)17-10)20-9-14-11(2)18-19-12(14)3/h4-8H,9H2,1-3H3. The Morgan fingerprint density at radius 3 is 2.70 bits per heavy atom. The van der Waals surface area contributed by atoms with Gasteiger partial charge < -0.3 is 4.52 Å². The molecular weight excluding hydrogens is 268 g/mol. The summed E-state index contributed by atoms with van der Waals surface area (Å²) in [6.45, 7) is 5.99. The van der Waals surface area contributed by atoms with Crippen LogP contribution in [0.2, 0.25) is 0 Å². The van der Waals surface area contributed by atoms with Gasteiger partial charge in [-0.2, -0.15) is 0 Å². The number of hydrogen-bond acceptors (Lipinski definition) is 4. The Morgan fingerprint density at radius 2 is 1.95 bits per heavy atom. The van der Waals surface area contributed by atoms with E-state index < -0.39 is 0 Å². The van der Waals surface area contributed by atoms with Gasteiger partial charge in [0.2, 0.25) is 0 Å². The van der Waals surface area contributed by atoms with E-state index in [1.165, 1.54) is 15.8 Å². The van der Waals surface area contributed by atoms with Gasteiger partial charge in [-0.1, -0.05) is 23.4 Å². The third kappa shape index (κ3) is 2.43. The number of benzene rings is 1. The van der Waals surface area contributed by atoms with Crippen molar-refractivity contribution in [2.75, 3.05) is 0 Å². The average molecular weight is 284 g/mol. The summed E-state index contributed by atoms with van der Waals surface area (Å²) in [4.78, 5) is 5.83. The predicted molar refractivity (Wildman–Crippen MR) is 82.0 cm³/mol. The molecule has 102 valence electrons. The highest BCUT2D eigenvalue weighted by molar-refractivity contribution is 7.98. The Labute approximate surface area is 122 Å². The molecule has 0 saturated carbocycles. The molecule has 1 aromatic carbocycles. The summed E-state index contributed by atoms with van der Waals surface area (Å²) < 4.78 is 5.22. The van der Waals surface area contributed by atoms with Crippen LogP contribution in [0.5, 0.6) is 0 Å². The number of fused-ring (bicyclic) bond motifs is 1. The minimum atomic E-state index is 0.870. The Kier molecular flexibility index (Phi) is 3.49. The number of para-hydroxylation sites is 1. The van der Waals surface area contributed by atoms with Crippen LogP contribution in [0.1, 0.15) is 22.7 Å². The fraction of sp³-hybridized carbons (Fsp3) is 0.250. The van der Waals surface area contributed by atoms with Crippen LogP contribution in [0, 0.1) is 20.8 Å². The van der Waals surface area contributed by atoms with Crippen molar-refractivity contribution >= 4 is 22.7 Å². The second-order valence-electron chi connectivity index (χ2n) is 4.87. The zero-order chi connectivity index (χ0) is 14.1. The van der Waals surface area contributed by atoms with E-state index in [1.807, 2.05) is 38.6 Å². The van der Waals surface area contributed by atoms with Crippen molar-refractivity contribution in [3.8, 4) is 0 Å². The summed E-state index contributed by atoms with van der Waals surface area (Å²) in [5.74, 6) is 1.78. The number of pyridine rings is 1. The summed E-state index contributed by atoms with van der Waals surface area (Å²) in [5, 5.41) is 5.21. The Morgan fingerprint density at radius 1 is 1.15 bits per heavy atom. The van der Waals surface area contributed by atoms with Gasteiger partial charge in [-0.25, -0.2) is 0 Å². The van der Waals surface area contributed by atoms with Crippen LogP contribution in [-0.2, 0) is 5.75 Å². The molecule has 3 rings (SSSR count). The van der Waals surface area contributed by atoms with E-state index in [9.17, 15) is 0 Å². The first-order valence-electron chi connectivity index (χ1n) is 6.56. The first-order chi connectivity index (χ1) is 9.65. The maximum atomic E-state index is 5.22. The molecule has 2 heterocycles. The predicted octanol–water partition coefficient (Wildman–Crippen LogP) is 4.44. The maximum Gasteiger partial charge on any atom is 0.137 e. The fourth-order valence-electron chi connectivity index (χ4n) is 2.25. The lowest BCUT2D eigenvalue weighted by Gasteiger charge is -2.07. The number of aryl methyl sites for hydroxylation is 3. The molecule has 0 saturated heterocycles. The van der Waals surface area contributed by atoms with E-state index in [2.05, 4.69) is 34.4 Å². The molecule has 0 spiro atoms. The van der Waals surface area contributed by atoms with Crippen molar-refractivity contribution in [3.05, 3.63) is 53.0 Å². The fourth-order valence-corrected chi connectivity index (χ4v) is 3.54. The van der Waals surface area contributed by atoms with Crippen molar-refractivity contribution < 1.29 is 4.52 Å². The van der Waals surface area contributed by atoms with E-state index in [4.69, 9.17) is 4.52 Å². The minimum absolute atomic E-state index is 0.870. The van der Waals surface area contributed by atoms with Crippen LogP contribution >= 0.6 is 11.8 Å². The highest BCUT2D eigenvalue weighted by Gasteiger charge is 2.11. The van der Waals surface area contributed by atoms with Crippen molar-refractivity contribution in [1.29, 1.82) is 0 Å². The topological polar surface area (TPSA) is 38.9 Å². The molecule has 0 bridgehead atoms. The number of rotatable bonds is 3. The van der Waals surface area contributed by atoms with Crippen LogP contribution in [0.15, 0.2) is 39.8 Å². The summed E-state index contributed by atoms with van der Waals surface area (Å²) in [6.07, 6.45) is 0. The monoisotopic (exact) mass is 284 g/mol. The van der Waals surface area contributed by atoms with Crippen LogP contribution < -0.4 is 0 Å². The van der Waals surface area contributed by atoms with Gasteiger partial charge in [0.15, 0.2) is 0 Å². The van der Waals surface area contributed by atoms with Gasteiger partial charge >= 0.3 is 0 Å². The first kappa shape index (κ1) is 13.2. The Bertz CT molecular complexity index is 745. The molecular formula is C16H16N2OS. The summed E-state index contributed by atoms with van der Waals surface area (Å²) in [6, 6.07) is 10.4. The largest absolute Gasteiger partial charge is 0.361 e. The third-order valence-electron chi connectivity index (χ3n) is 3.36. The zero-order valence-corrected chi connectivity index (χ0v) is 12.6. The van der Waals surface area contributed by atoms with Gasteiger partial charge in [0.05, 0.1) is 11.2 Å². The summed E-state index contributed by atoms with van der Waals surface area (Å²) in [5.41, 5.74) is 4.26. The molecule has 0 fully saturated rings. The molecule has 0 aliphatic rings.